The molecule has 7 aromatic rings. The van der Waals surface area contributed by atoms with E-state index in [1.807, 2.05) is 6.07 Å². The number of aromatic nitrogens is 1. The number of anilines is 3. The number of hydrogen-bond acceptors (Lipinski definition) is 2. The molecule has 0 atom stereocenters. The first-order valence-electron chi connectivity index (χ1n) is 15.6. The number of nitrogens with zero attached hydrogens (tertiary/aromatic N) is 2. The zero-order valence-corrected chi connectivity index (χ0v) is 24.7. The molecule has 1 aliphatic carbocycles. The molecular formula is C42H30N2O. The third-order valence-corrected chi connectivity index (χ3v) is 9.06. The van der Waals surface area contributed by atoms with Gasteiger partial charge in [0, 0.05) is 22.5 Å². The van der Waals surface area contributed by atoms with Crippen LogP contribution in [0.3, 0.4) is 0 Å². The van der Waals surface area contributed by atoms with Gasteiger partial charge in [0.15, 0.2) is 11.5 Å². The number of allylic oxidation sites excluding steroid dienone is 1. The Morgan fingerprint density at radius 1 is 0.511 bits per heavy atom. The van der Waals surface area contributed by atoms with Crippen molar-refractivity contribution in [2.45, 2.75) is 12.8 Å². The molecule has 0 unspecified atom stereocenters. The fourth-order valence-electron chi connectivity index (χ4n) is 6.92. The first-order valence-corrected chi connectivity index (χ1v) is 15.6. The van der Waals surface area contributed by atoms with E-state index in [-0.39, 0.29) is 0 Å². The van der Waals surface area contributed by atoms with E-state index >= 15 is 0 Å². The number of benzene rings is 6. The van der Waals surface area contributed by atoms with E-state index < -0.39 is 0 Å². The van der Waals surface area contributed by atoms with Gasteiger partial charge in [-0.05, 0) is 107 Å². The summed E-state index contributed by atoms with van der Waals surface area (Å²) in [7, 11) is 0. The molecule has 0 radical (unpaired) electrons. The van der Waals surface area contributed by atoms with Gasteiger partial charge in [-0.2, -0.15) is 0 Å². The van der Waals surface area contributed by atoms with Crippen molar-refractivity contribution in [1.82, 2.24) is 4.57 Å². The first-order chi connectivity index (χ1) is 22.3. The van der Waals surface area contributed by atoms with Crippen LogP contribution in [-0.2, 0) is 6.42 Å². The normalized spacial score (nSPS) is 13.2. The van der Waals surface area contributed by atoms with E-state index in [2.05, 4.69) is 161 Å². The van der Waals surface area contributed by atoms with Crippen LogP contribution >= 0.6 is 0 Å². The highest BCUT2D eigenvalue weighted by atomic mass is 16.5. The summed E-state index contributed by atoms with van der Waals surface area (Å²) in [4.78, 5) is 2.30. The third-order valence-electron chi connectivity index (χ3n) is 9.06. The van der Waals surface area contributed by atoms with E-state index in [1.54, 1.807) is 0 Å². The molecule has 9 rings (SSSR count). The highest BCUT2D eigenvalue weighted by Crippen LogP contribution is 2.51. The van der Waals surface area contributed by atoms with Crippen molar-refractivity contribution in [2.75, 3.05) is 4.90 Å². The maximum absolute atomic E-state index is 6.57. The summed E-state index contributed by atoms with van der Waals surface area (Å²) in [6.07, 6.45) is 6.70. The van der Waals surface area contributed by atoms with Crippen molar-refractivity contribution in [3.8, 4) is 39.4 Å². The van der Waals surface area contributed by atoms with Gasteiger partial charge >= 0.3 is 0 Å². The van der Waals surface area contributed by atoms with Crippen molar-refractivity contribution in [3.05, 3.63) is 163 Å². The Bertz CT molecular complexity index is 2230. The number of aryl methyl sites for hydroxylation is 1. The Labute approximate surface area is 262 Å². The lowest BCUT2D eigenvalue weighted by molar-refractivity contribution is 0.477. The van der Waals surface area contributed by atoms with Gasteiger partial charge in [-0.3, -0.25) is 0 Å². The molecule has 214 valence electrons. The van der Waals surface area contributed by atoms with Gasteiger partial charge in [0.05, 0.1) is 16.9 Å². The number of hydrogen-bond donors (Lipinski definition) is 0. The molecule has 3 heteroatoms. The fourth-order valence-corrected chi connectivity index (χ4v) is 6.92. The minimum atomic E-state index is 0.852. The van der Waals surface area contributed by atoms with Crippen LogP contribution in [0.25, 0.3) is 44.9 Å². The Morgan fingerprint density at radius 3 is 2.02 bits per heavy atom. The molecule has 0 spiro atoms. The molecular weight excluding hydrogens is 548 g/mol. The monoisotopic (exact) mass is 578 g/mol. The third kappa shape index (κ3) is 4.28. The summed E-state index contributed by atoms with van der Waals surface area (Å²) in [5.41, 5.74) is 13.1. The SMILES string of the molecule is C1=Cc2c(c3cc(-c4ccc5c(c4)Oc4ccccc4N5c4ccc(-c5ccccc5)cc4)ccc3n2-c2ccccc2)CC1. The summed E-state index contributed by atoms with van der Waals surface area (Å²) in [5, 5.41) is 1.32. The Kier molecular flexibility index (Phi) is 5.95. The van der Waals surface area contributed by atoms with Crippen LogP contribution in [-0.4, -0.2) is 4.57 Å². The zero-order valence-electron chi connectivity index (χ0n) is 24.7. The van der Waals surface area contributed by atoms with Gasteiger partial charge in [0.2, 0.25) is 0 Å². The molecule has 0 fully saturated rings. The van der Waals surface area contributed by atoms with Crippen molar-refractivity contribution >= 4 is 34.0 Å². The Hall–Kier alpha value is -5.80. The smallest absolute Gasteiger partial charge is 0.152 e. The van der Waals surface area contributed by atoms with Gasteiger partial charge in [0.25, 0.3) is 0 Å². The van der Waals surface area contributed by atoms with Crippen molar-refractivity contribution in [3.63, 3.8) is 0 Å². The average Bonchev–Trinajstić information content (AvgIpc) is 3.45. The topological polar surface area (TPSA) is 17.4 Å². The van der Waals surface area contributed by atoms with Crippen LogP contribution in [0.2, 0.25) is 0 Å². The van der Waals surface area contributed by atoms with Gasteiger partial charge in [0.1, 0.15) is 0 Å². The molecule has 2 aliphatic rings. The summed E-state index contributed by atoms with van der Waals surface area (Å²) < 4.78 is 8.97. The summed E-state index contributed by atoms with van der Waals surface area (Å²) in [6.45, 7) is 0. The van der Waals surface area contributed by atoms with Gasteiger partial charge in [-0.25, -0.2) is 0 Å². The van der Waals surface area contributed by atoms with Gasteiger partial charge in [-0.15, -0.1) is 0 Å². The van der Waals surface area contributed by atoms with Crippen molar-refractivity contribution < 1.29 is 4.74 Å². The maximum atomic E-state index is 6.57. The van der Waals surface area contributed by atoms with Crippen LogP contribution < -0.4 is 9.64 Å². The van der Waals surface area contributed by atoms with Crippen molar-refractivity contribution in [1.29, 1.82) is 0 Å². The largest absolute Gasteiger partial charge is 0.453 e. The second-order valence-electron chi connectivity index (χ2n) is 11.7. The minimum Gasteiger partial charge on any atom is -0.453 e. The quantitative estimate of drug-likeness (QED) is 0.207. The van der Waals surface area contributed by atoms with Crippen molar-refractivity contribution in [2.24, 2.45) is 0 Å². The second-order valence-corrected chi connectivity index (χ2v) is 11.7. The van der Waals surface area contributed by atoms with Crippen LogP contribution in [0.4, 0.5) is 17.1 Å². The molecule has 0 bridgehead atoms. The summed E-state index contributed by atoms with van der Waals surface area (Å²) in [6, 6.07) is 51.8. The van der Waals surface area contributed by atoms with Crippen LogP contribution in [0, 0.1) is 0 Å². The molecule has 1 aliphatic heterocycles. The zero-order chi connectivity index (χ0) is 29.7. The van der Waals surface area contributed by atoms with Crippen LogP contribution in [0.1, 0.15) is 17.7 Å². The lowest BCUT2D eigenvalue weighted by Gasteiger charge is -2.33. The molecule has 0 saturated heterocycles. The standard InChI is InChI=1S/C42H30N2O/c1-3-11-29(12-4-1)30-19-23-34(24-20-30)44-39-17-9-10-18-41(39)45-42-28-32(22-26-40(42)44)31-21-25-38-36(27-31)35-15-7-8-16-37(35)43(38)33-13-5-2-6-14-33/h1-6,8-14,16-28H,7,15H2. The molecule has 0 N–H and O–H groups in total. The highest BCUT2D eigenvalue weighted by molar-refractivity contribution is 5.95. The molecule has 3 nitrogen and oxygen atoms in total. The molecule has 0 amide bonds. The average molecular weight is 579 g/mol. The highest BCUT2D eigenvalue weighted by Gasteiger charge is 2.26. The predicted octanol–water partition coefficient (Wildman–Crippen LogP) is 11.5. The summed E-state index contributed by atoms with van der Waals surface area (Å²) in [5.74, 6) is 1.70. The van der Waals surface area contributed by atoms with E-state index in [9.17, 15) is 0 Å². The van der Waals surface area contributed by atoms with E-state index in [1.165, 1.54) is 44.5 Å². The lowest BCUT2D eigenvalue weighted by atomic mass is 9.97. The Balaban J connectivity index is 1.14. The minimum absolute atomic E-state index is 0.852. The molecule has 6 aromatic carbocycles. The predicted molar refractivity (Wildman–Crippen MR) is 186 cm³/mol. The van der Waals surface area contributed by atoms with E-state index in [4.69, 9.17) is 4.74 Å². The van der Waals surface area contributed by atoms with E-state index in [0.717, 1.165) is 47.0 Å². The fraction of sp³-hybridized carbons (Fsp3) is 0.0476. The number of ether oxygens (including phenoxy) is 1. The van der Waals surface area contributed by atoms with Crippen LogP contribution in [0.5, 0.6) is 11.5 Å². The van der Waals surface area contributed by atoms with Gasteiger partial charge < -0.3 is 14.2 Å². The number of rotatable bonds is 4. The lowest BCUT2D eigenvalue weighted by Crippen LogP contribution is -2.15. The molecule has 2 heterocycles. The Morgan fingerprint density at radius 2 is 1.18 bits per heavy atom. The van der Waals surface area contributed by atoms with Crippen LogP contribution in [0.15, 0.2) is 152 Å². The number of fused-ring (bicyclic) bond motifs is 5. The molecule has 1 aromatic heterocycles. The molecule has 45 heavy (non-hydrogen) atoms. The van der Waals surface area contributed by atoms with E-state index in [0.29, 0.717) is 0 Å². The molecule has 0 saturated carbocycles. The number of para-hydroxylation sites is 3. The summed E-state index contributed by atoms with van der Waals surface area (Å²) >= 11 is 0. The maximum Gasteiger partial charge on any atom is 0.152 e. The first kappa shape index (κ1) is 25.7. The second kappa shape index (κ2) is 10.4. The van der Waals surface area contributed by atoms with Gasteiger partial charge in [-0.1, -0.05) is 91.0 Å².